The highest BCUT2D eigenvalue weighted by Gasteiger charge is 2.39. The molecule has 2 aliphatic rings. The molecule has 5 heteroatoms. The Hall–Kier alpha value is -0.390. The van der Waals surface area contributed by atoms with Crippen molar-refractivity contribution in [1.29, 1.82) is 0 Å². The summed E-state index contributed by atoms with van der Waals surface area (Å²) in [5, 5.41) is 0.626. The molecule has 0 bridgehead atoms. The molecule has 2 saturated heterocycles. The van der Waals surface area contributed by atoms with Crippen LogP contribution in [0.4, 0.5) is 5.69 Å². The van der Waals surface area contributed by atoms with E-state index in [9.17, 15) is 0 Å². The summed E-state index contributed by atoms with van der Waals surface area (Å²) in [6.07, 6.45) is 8.28. The van der Waals surface area contributed by atoms with Crippen LogP contribution in [0.15, 0.2) is 23.4 Å². The lowest BCUT2D eigenvalue weighted by atomic mass is 9.88. The number of nitrogens with zero attached hydrogens (tertiary/aromatic N) is 1. The van der Waals surface area contributed by atoms with Crippen molar-refractivity contribution < 1.29 is 4.74 Å². The van der Waals surface area contributed by atoms with Gasteiger partial charge in [0.2, 0.25) is 0 Å². The van der Waals surface area contributed by atoms with Gasteiger partial charge in [-0.3, -0.25) is 4.98 Å². The Balaban J connectivity index is 1.67. The van der Waals surface area contributed by atoms with Crippen molar-refractivity contribution in [2.24, 2.45) is 0 Å². The molecule has 0 aliphatic carbocycles. The van der Waals surface area contributed by atoms with Crippen LogP contribution < -0.4 is 5.73 Å². The van der Waals surface area contributed by atoms with Crippen LogP contribution >= 0.6 is 23.5 Å². The van der Waals surface area contributed by atoms with E-state index in [4.69, 9.17) is 10.5 Å². The van der Waals surface area contributed by atoms with Gasteiger partial charge in [0, 0.05) is 22.9 Å². The average Bonchev–Trinajstić information content (AvgIpc) is 2.42. The first-order valence-electron chi connectivity index (χ1n) is 6.85. The third kappa shape index (κ3) is 3.20. The van der Waals surface area contributed by atoms with Crippen LogP contribution in [-0.2, 0) is 4.74 Å². The molecule has 1 unspecified atom stereocenters. The van der Waals surface area contributed by atoms with Gasteiger partial charge in [0.15, 0.2) is 0 Å². The van der Waals surface area contributed by atoms with Crippen LogP contribution in [0.5, 0.6) is 0 Å². The zero-order valence-electron chi connectivity index (χ0n) is 11.0. The minimum Gasteiger partial charge on any atom is -0.397 e. The monoisotopic (exact) mass is 296 g/mol. The van der Waals surface area contributed by atoms with Crippen LogP contribution in [0.25, 0.3) is 0 Å². The zero-order valence-corrected chi connectivity index (χ0v) is 12.6. The first-order chi connectivity index (χ1) is 9.27. The van der Waals surface area contributed by atoms with E-state index in [0.29, 0.717) is 5.25 Å². The number of nitrogens with two attached hydrogens (primary N) is 1. The molecule has 0 radical (unpaired) electrons. The van der Waals surface area contributed by atoms with Crippen molar-refractivity contribution >= 4 is 29.2 Å². The van der Waals surface area contributed by atoms with Crippen LogP contribution in [0, 0.1) is 0 Å². The Morgan fingerprint density at radius 1 is 1.42 bits per heavy atom. The van der Waals surface area contributed by atoms with Gasteiger partial charge in [-0.1, -0.05) is 0 Å². The molecule has 2 N–H and O–H groups in total. The fourth-order valence-electron chi connectivity index (χ4n) is 2.86. The standard InChI is InChI=1S/C14H20N2OS2/c15-12-10-16-5-1-13(12)19-11-2-6-17-14(9-11)3-7-18-8-4-14/h1,5,10-11H,2-4,6-9,15H2. The highest BCUT2D eigenvalue weighted by Crippen LogP contribution is 2.43. The van der Waals surface area contributed by atoms with Gasteiger partial charge in [-0.15, -0.1) is 11.8 Å². The molecule has 2 aliphatic heterocycles. The highest BCUT2D eigenvalue weighted by atomic mass is 32.2. The topological polar surface area (TPSA) is 48.1 Å². The van der Waals surface area contributed by atoms with E-state index < -0.39 is 0 Å². The maximum Gasteiger partial charge on any atom is 0.0709 e. The molecule has 19 heavy (non-hydrogen) atoms. The number of ether oxygens (including phenoxy) is 1. The lowest BCUT2D eigenvalue weighted by Crippen LogP contribution is -2.43. The summed E-state index contributed by atoms with van der Waals surface area (Å²) < 4.78 is 6.13. The van der Waals surface area contributed by atoms with Crippen molar-refractivity contribution in [2.75, 3.05) is 23.8 Å². The van der Waals surface area contributed by atoms with Crippen molar-refractivity contribution in [3.8, 4) is 0 Å². The fraction of sp³-hybridized carbons (Fsp3) is 0.643. The van der Waals surface area contributed by atoms with Gasteiger partial charge in [0.25, 0.3) is 0 Å². The summed E-state index contributed by atoms with van der Waals surface area (Å²) in [6.45, 7) is 0.896. The third-order valence-corrected chi connectivity index (χ3v) is 6.30. The normalized spacial score (nSPS) is 26.4. The molecular formula is C14H20N2OS2. The van der Waals surface area contributed by atoms with Gasteiger partial charge < -0.3 is 10.5 Å². The van der Waals surface area contributed by atoms with Gasteiger partial charge in [0.05, 0.1) is 17.5 Å². The number of thioether (sulfide) groups is 2. The number of hydrogen-bond donors (Lipinski definition) is 1. The number of nitrogen functional groups attached to an aromatic ring is 1. The van der Waals surface area contributed by atoms with Gasteiger partial charge in [0.1, 0.15) is 0 Å². The molecule has 3 rings (SSSR count). The Kier molecular flexibility index (Phi) is 4.24. The van der Waals surface area contributed by atoms with Crippen LogP contribution in [-0.4, -0.2) is 33.9 Å². The maximum atomic E-state index is 6.13. The van der Waals surface area contributed by atoms with E-state index in [1.165, 1.54) is 35.7 Å². The number of rotatable bonds is 2. The summed E-state index contributed by atoms with van der Waals surface area (Å²) in [6, 6.07) is 2.03. The Morgan fingerprint density at radius 2 is 2.26 bits per heavy atom. The molecule has 104 valence electrons. The quantitative estimate of drug-likeness (QED) is 0.908. The molecular weight excluding hydrogens is 276 g/mol. The van der Waals surface area contributed by atoms with E-state index in [1.54, 1.807) is 6.20 Å². The molecule has 1 aromatic rings. The van der Waals surface area contributed by atoms with Crippen LogP contribution in [0.2, 0.25) is 0 Å². The molecule has 0 amide bonds. The predicted octanol–water partition coefficient (Wildman–Crippen LogP) is 3.20. The summed E-state index contributed by atoms with van der Waals surface area (Å²) in [7, 11) is 0. The molecule has 1 spiro atoms. The fourth-order valence-corrected chi connectivity index (χ4v) is 5.38. The van der Waals surface area contributed by atoms with Crippen molar-refractivity contribution in [3.63, 3.8) is 0 Å². The van der Waals surface area contributed by atoms with Gasteiger partial charge in [-0.25, -0.2) is 0 Å². The second kappa shape index (κ2) is 5.94. The molecule has 0 saturated carbocycles. The first kappa shape index (κ1) is 13.6. The molecule has 3 nitrogen and oxygen atoms in total. The summed E-state index contributed by atoms with van der Waals surface area (Å²) in [5.41, 5.74) is 6.94. The molecule has 0 aromatic carbocycles. The number of anilines is 1. The van der Waals surface area contributed by atoms with E-state index in [1.807, 2.05) is 24.0 Å². The molecule has 2 fully saturated rings. The zero-order chi connectivity index (χ0) is 13.1. The number of hydrogen-bond acceptors (Lipinski definition) is 5. The largest absolute Gasteiger partial charge is 0.397 e. The SMILES string of the molecule is Nc1cnccc1SC1CCOC2(CCSCC2)C1. The Bertz CT molecular complexity index is 430. The number of pyridine rings is 1. The summed E-state index contributed by atoms with van der Waals surface area (Å²) in [4.78, 5) is 5.22. The predicted molar refractivity (Wildman–Crippen MR) is 82.8 cm³/mol. The lowest BCUT2D eigenvalue weighted by Gasteiger charge is -2.43. The van der Waals surface area contributed by atoms with Crippen molar-refractivity contribution in [2.45, 2.75) is 41.4 Å². The summed E-state index contributed by atoms with van der Waals surface area (Å²) >= 11 is 3.96. The minimum absolute atomic E-state index is 0.156. The summed E-state index contributed by atoms with van der Waals surface area (Å²) in [5.74, 6) is 2.49. The molecule has 1 aromatic heterocycles. The molecule has 1 atom stereocenters. The van der Waals surface area contributed by atoms with E-state index in [-0.39, 0.29) is 5.60 Å². The Morgan fingerprint density at radius 3 is 3.05 bits per heavy atom. The van der Waals surface area contributed by atoms with E-state index >= 15 is 0 Å². The highest BCUT2D eigenvalue weighted by molar-refractivity contribution is 8.00. The third-order valence-electron chi connectivity index (χ3n) is 3.96. The number of aromatic nitrogens is 1. The van der Waals surface area contributed by atoms with Crippen LogP contribution in [0.3, 0.4) is 0 Å². The van der Waals surface area contributed by atoms with E-state index in [0.717, 1.165) is 18.7 Å². The maximum absolute atomic E-state index is 6.13. The second-order valence-electron chi connectivity index (χ2n) is 5.29. The minimum atomic E-state index is 0.156. The van der Waals surface area contributed by atoms with Gasteiger partial charge in [-0.2, -0.15) is 11.8 Å². The lowest BCUT2D eigenvalue weighted by molar-refractivity contribution is -0.0804. The first-order valence-corrected chi connectivity index (χ1v) is 8.89. The van der Waals surface area contributed by atoms with E-state index in [2.05, 4.69) is 16.7 Å². The second-order valence-corrected chi connectivity index (χ2v) is 7.86. The van der Waals surface area contributed by atoms with Gasteiger partial charge >= 0.3 is 0 Å². The van der Waals surface area contributed by atoms with Crippen molar-refractivity contribution in [1.82, 2.24) is 4.98 Å². The molecule has 3 heterocycles. The Labute approximate surface area is 123 Å². The van der Waals surface area contributed by atoms with Crippen molar-refractivity contribution in [3.05, 3.63) is 18.5 Å². The van der Waals surface area contributed by atoms with Crippen LogP contribution in [0.1, 0.15) is 25.7 Å². The average molecular weight is 296 g/mol. The smallest absolute Gasteiger partial charge is 0.0709 e. The van der Waals surface area contributed by atoms with Gasteiger partial charge in [-0.05, 0) is 43.3 Å².